The normalized spacial score (nSPS) is 12.6. The second-order valence-corrected chi connectivity index (χ2v) is 5.26. The van der Waals surface area contributed by atoms with E-state index >= 15 is 0 Å². The molecule has 0 aliphatic carbocycles. The fraction of sp³-hybridized carbons (Fsp3) is 0.529. The van der Waals surface area contributed by atoms with Crippen LogP contribution >= 0.6 is 0 Å². The van der Waals surface area contributed by atoms with Crippen molar-refractivity contribution in [2.75, 3.05) is 7.05 Å². The smallest absolute Gasteiger partial charge is 0.0716 e. The first-order valence-corrected chi connectivity index (χ1v) is 7.26. The summed E-state index contributed by atoms with van der Waals surface area (Å²) in [7, 11) is 1.80. The zero-order valence-corrected chi connectivity index (χ0v) is 12.7. The first kappa shape index (κ1) is 15.6. The van der Waals surface area contributed by atoms with Crippen molar-refractivity contribution in [3.05, 3.63) is 35.7 Å². The lowest BCUT2D eigenvalue weighted by Crippen LogP contribution is -1.96. The van der Waals surface area contributed by atoms with Crippen LogP contribution in [0.2, 0.25) is 0 Å². The van der Waals surface area contributed by atoms with Crippen LogP contribution in [0, 0.1) is 5.92 Å². The van der Waals surface area contributed by atoms with E-state index in [9.17, 15) is 0 Å². The van der Waals surface area contributed by atoms with E-state index in [1.54, 1.807) is 7.05 Å². The van der Waals surface area contributed by atoms with E-state index in [0.29, 0.717) is 5.92 Å². The van der Waals surface area contributed by atoms with Crippen molar-refractivity contribution in [1.82, 2.24) is 4.98 Å². The van der Waals surface area contributed by atoms with Gasteiger partial charge in [0.15, 0.2) is 0 Å². The van der Waals surface area contributed by atoms with E-state index in [2.05, 4.69) is 49.0 Å². The topological polar surface area (TPSA) is 25.2 Å². The van der Waals surface area contributed by atoms with Crippen LogP contribution in [-0.4, -0.2) is 18.2 Å². The molecule has 0 saturated heterocycles. The Bertz CT molecular complexity index is 431. The highest BCUT2D eigenvalue weighted by molar-refractivity contribution is 6.09. The zero-order chi connectivity index (χ0) is 14.1. The molecule has 0 amide bonds. The number of aromatic nitrogens is 1. The predicted octanol–water partition coefficient (Wildman–Crippen LogP) is 4.55. The molecule has 0 aromatic carbocycles. The number of aryl methyl sites for hydroxylation is 1. The molecule has 2 nitrogen and oxygen atoms in total. The molecule has 0 N–H and O–H groups in total. The van der Waals surface area contributed by atoms with Crippen LogP contribution in [0.4, 0.5) is 0 Å². The molecule has 0 radical (unpaired) electrons. The summed E-state index contributed by atoms with van der Waals surface area (Å²) in [5.41, 5.74) is 3.53. The standard InChI is InChI=1S/C17H26N2/c1-5-6-7-8-15-9-10-19-17(12-15)16(13-18-4)11-14(2)3/h9-14H,5-8H2,1-4H3/b16-11+,18-13?. The maximum Gasteiger partial charge on any atom is 0.0716 e. The Morgan fingerprint density at radius 2 is 2.16 bits per heavy atom. The number of pyridine rings is 1. The summed E-state index contributed by atoms with van der Waals surface area (Å²) in [6.45, 7) is 6.59. The highest BCUT2D eigenvalue weighted by Crippen LogP contribution is 2.16. The molecule has 0 fully saturated rings. The van der Waals surface area contributed by atoms with E-state index < -0.39 is 0 Å². The van der Waals surface area contributed by atoms with Crippen molar-refractivity contribution in [3.8, 4) is 0 Å². The van der Waals surface area contributed by atoms with Gasteiger partial charge in [0.2, 0.25) is 0 Å². The molecule has 19 heavy (non-hydrogen) atoms. The summed E-state index contributed by atoms with van der Waals surface area (Å²) in [6.07, 6.45) is 11.0. The van der Waals surface area contributed by atoms with Crippen LogP contribution in [0.5, 0.6) is 0 Å². The van der Waals surface area contributed by atoms with Gasteiger partial charge in [0.05, 0.1) is 5.69 Å². The average molecular weight is 258 g/mol. The first-order chi connectivity index (χ1) is 9.17. The Hall–Kier alpha value is -1.44. The molecule has 1 aromatic heterocycles. The predicted molar refractivity (Wildman–Crippen MR) is 84.7 cm³/mol. The molecule has 0 saturated carbocycles. The highest BCUT2D eigenvalue weighted by atomic mass is 14.7. The number of aliphatic imine (C=N–C) groups is 1. The van der Waals surface area contributed by atoms with Crippen molar-refractivity contribution >= 4 is 11.8 Å². The molecular formula is C17H26N2. The number of hydrogen-bond donors (Lipinski definition) is 0. The molecule has 0 unspecified atom stereocenters. The number of allylic oxidation sites excluding steroid dienone is 2. The lowest BCUT2D eigenvalue weighted by atomic mass is 10.0. The number of hydrogen-bond acceptors (Lipinski definition) is 2. The molecule has 0 aliphatic heterocycles. The van der Waals surface area contributed by atoms with Gasteiger partial charge in [0, 0.05) is 25.0 Å². The van der Waals surface area contributed by atoms with E-state index in [0.717, 1.165) is 17.7 Å². The quantitative estimate of drug-likeness (QED) is 0.520. The van der Waals surface area contributed by atoms with Gasteiger partial charge >= 0.3 is 0 Å². The lowest BCUT2D eigenvalue weighted by Gasteiger charge is -2.06. The van der Waals surface area contributed by atoms with E-state index in [1.165, 1.54) is 24.8 Å². The number of rotatable bonds is 7. The van der Waals surface area contributed by atoms with Crippen molar-refractivity contribution in [1.29, 1.82) is 0 Å². The third-order valence-corrected chi connectivity index (χ3v) is 2.97. The SMILES string of the molecule is CCCCCc1ccnc(/C(C=NC)=C/C(C)C)c1. The average Bonchev–Trinajstić information content (AvgIpc) is 2.38. The van der Waals surface area contributed by atoms with Crippen LogP contribution in [-0.2, 0) is 6.42 Å². The van der Waals surface area contributed by atoms with Crippen molar-refractivity contribution in [2.45, 2.75) is 46.5 Å². The van der Waals surface area contributed by atoms with Gasteiger partial charge in [-0.25, -0.2) is 0 Å². The van der Waals surface area contributed by atoms with Gasteiger partial charge in [0.25, 0.3) is 0 Å². The molecule has 1 rings (SSSR count). The van der Waals surface area contributed by atoms with Crippen LogP contribution in [0.3, 0.4) is 0 Å². The minimum absolute atomic E-state index is 0.499. The van der Waals surface area contributed by atoms with Gasteiger partial charge in [-0.3, -0.25) is 9.98 Å². The molecular weight excluding hydrogens is 232 g/mol. The van der Waals surface area contributed by atoms with E-state index in [1.807, 2.05) is 12.4 Å². The minimum atomic E-state index is 0.499. The van der Waals surface area contributed by atoms with Crippen molar-refractivity contribution < 1.29 is 0 Å². The van der Waals surface area contributed by atoms with Crippen molar-refractivity contribution in [3.63, 3.8) is 0 Å². The Labute approximate surface area is 117 Å². The van der Waals surface area contributed by atoms with Gasteiger partial charge < -0.3 is 0 Å². The van der Waals surface area contributed by atoms with Gasteiger partial charge in [-0.2, -0.15) is 0 Å². The maximum atomic E-state index is 4.48. The maximum absolute atomic E-state index is 4.48. The minimum Gasteiger partial charge on any atom is -0.296 e. The Morgan fingerprint density at radius 1 is 1.37 bits per heavy atom. The van der Waals surface area contributed by atoms with Crippen LogP contribution in [0.1, 0.15) is 51.3 Å². The number of nitrogens with zero attached hydrogens (tertiary/aromatic N) is 2. The monoisotopic (exact) mass is 258 g/mol. The van der Waals surface area contributed by atoms with Gasteiger partial charge in [-0.05, 0) is 36.5 Å². The summed E-state index contributed by atoms with van der Waals surface area (Å²) in [4.78, 5) is 8.62. The van der Waals surface area contributed by atoms with Crippen LogP contribution in [0.15, 0.2) is 29.4 Å². The third kappa shape index (κ3) is 5.82. The molecule has 1 aromatic rings. The van der Waals surface area contributed by atoms with Crippen LogP contribution in [0.25, 0.3) is 5.57 Å². The number of unbranched alkanes of at least 4 members (excludes halogenated alkanes) is 2. The molecule has 1 heterocycles. The summed E-state index contributed by atoms with van der Waals surface area (Å²) >= 11 is 0. The molecule has 0 bridgehead atoms. The molecule has 0 spiro atoms. The fourth-order valence-corrected chi connectivity index (χ4v) is 2.06. The van der Waals surface area contributed by atoms with E-state index in [-0.39, 0.29) is 0 Å². The van der Waals surface area contributed by atoms with Crippen molar-refractivity contribution in [2.24, 2.45) is 10.9 Å². The summed E-state index contributed by atoms with van der Waals surface area (Å²) in [6, 6.07) is 4.32. The molecule has 0 atom stereocenters. The first-order valence-electron chi connectivity index (χ1n) is 7.26. The highest BCUT2D eigenvalue weighted by Gasteiger charge is 2.03. The zero-order valence-electron chi connectivity index (χ0n) is 12.7. The fourth-order valence-electron chi connectivity index (χ4n) is 2.06. The molecule has 104 valence electrons. The Morgan fingerprint density at radius 3 is 2.79 bits per heavy atom. The molecule has 0 aliphatic rings. The lowest BCUT2D eigenvalue weighted by molar-refractivity contribution is 0.717. The van der Waals surface area contributed by atoms with Crippen LogP contribution < -0.4 is 0 Å². The van der Waals surface area contributed by atoms with Gasteiger partial charge in [-0.1, -0.05) is 39.7 Å². The van der Waals surface area contributed by atoms with Gasteiger partial charge in [0.1, 0.15) is 0 Å². The largest absolute Gasteiger partial charge is 0.296 e. The summed E-state index contributed by atoms with van der Waals surface area (Å²) in [5, 5.41) is 0. The third-order valence-electron chi connectivity index (χ3n) is 2.97. The Kier molecular flexibility index (Phi) is 7.09. The second-order valence-electron chi connectivity index (χ2n) is 5.26. The molecule has 2 heteroatoms. The van der Waals surface area contributed by atoms with E-state index in [4.69, 9.17) is 0 Å². The second kappa shape index (κ2) is 8.63. The Balaban J connectivity index is 2.89. The summed E-state index contributed by atoms with van der Waals surface area (Å²) < 4.78 is 0. The summed E-state index contributed by atoms with van der Waals surface area (Å²) in [5.74, 6) is 0.499. The van der Waals surface area contributed by atoms with Gasteiger partial charge in [-0.15, -0.1) is 0 Å².